The lowest BCUT2D eigenvalue weighted by Crippen LogP contribution is -2.35. The van der Waals surface area contributed by atoms with E-state index in [4.69, 9.17) is 0 Å². The Kier molecular flexibility index (Phi) is 3.49. The minimum absolute atomic E-state index is 0.0752. The van der Waals surface area contributed by atoms with Crippen molar-refractivity contribution in [3.8, 4) is 0 Å². The van der Waals surface area contributed by atoms with Crippen LogP contribution >= 0.6 is 15.9 Å². The lowest BCUT2D eigenvalue weighted by Gasteiger charge is -2.21. The van der Waals surface area contributed by atoms with Crippen LogP contribution in [0.3, 0.4) is 0 Å². The predicted molar refractivity (Wildman–Crippen MR) is 68.3 cm³/mol. The normalized spacial score (nSPS) is 23.7. The van der Waals surface area contributed by atoms with Gasteiger partial charge in [0.05, 0.1) is 11.1 Å². The Morgan fingerprint density at radius 1 is 1.59 bits per heavy atom. The van der Waals surface area contributed by atoms with Crippen LogP contribution in [0.25, 0.3) is 0 Å². The first-order valence-corrected chi connectivity index (χ1v) is 6.28. The fraction of sp³-hybridized carbons (Fsp3) is 0.417. The molecule has 1 heterocycles. The van der Waals surface area contributed by atoms with Gasteiger partial charge in [0.15, 0.2) is 0 Å². The molecule has 1 aliphatic rings. The van der Waals surface area contributed by atoms with Gasteiger partial charge in [-0.25, -0.2) is 4.39 Å². The number of hydrogen-bond acceptors (Lipinski definition) is 2. The quantitative estimate of drug-likeness (QED) is 0.881. The molecule has 3 nitrogen and oxygen atoms in total. The average molecular weight is 301 g/mol. The maximum atomic E-state index is 13.1. The van der Waals surface area contributed by atoms with Crippen molar-refractivity contribution in [2.75, 3.05) is 18.4 Å². The topological polar surface area (TPSA) is 41.1 Å². The molecule has 1 atom stereocenters. The van der Waals surface area contributed by atoms with Crippen molar-refractivity contribution in [3.63, 3.8) is 0 Å². The zero-order valence-corrected chi connectivity index (χ0v) is 11.1. The molecular formula is C12H14BrFN2O. The zero-order chi connectivity index (χ0) is 12.5. The first-order chi connectivity index (χ1) is 8.01. The summed E-state index contributed by atoms with van der Waals surface area (Å²) >= 11 is 3.29. The molecule has 2 rings (SSSR count). The Morgan fingerprint density at radius 2 is 2.35 bits per heavy atom. The van der Waals surface area contributed by atoms with Gasteiger partial charge in [-0.3, -0.25) is 4.79 Å². The molecule has 1 amide bonds. The predicted octanol–water partition coefficient (Wildman–Crippen LogP) is 2.53. The molecule has 1 aromatic rings. The van der Waals surface area contributed by atoms with Gasteiger partial charge < -0.3 is 10.6 Å². The number of rotatable bonds is 2. The Labute approximate surface area is 108 Å². The number of carbonyl (C=O) groups is 1. The van der Waals surface area contributed by atoms with Crippen molar-refractivity contribution in [2.45, 2.75) is 13.3 Å². The van der Waals surface area contributed by atoms with Crippen LogP contribution in [0.5, 0.6) is 0 Å². The van der Waals surface area contributed by atoms with E-state index in [1.165, 1.54) is 12.1 Å². The molecule has 0 aromatic heterocycles. The van der Waals surface area contributed by atoms with E-state index in [0.717, 1.165) is 13.0 Å². The highest BCUT2D eigenvalue weighted by molar-refractivity contribution is 9.10. The Hall–Kier alpha value is -0.940. The average Bonchev–Trinajstić information content (AvgIpc) is 2.72. The molecule has 1 unspecified atom stereocenters. The van der Waals surface area contributed by atoms with Crippen LogP contribution in [0.2, 0.25) is 0 Å². The largest absolute Gasteiger partial charge is 0.324 e. The maximum Gasteiger partial charge on any atom is 0.231 e. The molecular weight excluding hydrogens is 287 g/mol. The molecule has 1 saturated heterocycles. The molecule has 1 fully saturated rings. The monoisotopic (exact) mass is 300 g/mol. The van der Waals surface area contributed by atoms with Crippen molar-refractivity contribution in [2.24, 2.45) is 5.41 Å². The van der Waals surface area contributed by atoms with E-state index < -0.39 is 5.41 Å². The SMILES string of the molecule is CC1(C(=O)Nc2cc(F)ccc2Br)CCNC1. The number of benzene rings is 1. The zero-order valence-electron chi connectivity index (χ0n) is 9.52. The van der Waals surface area contributed by atoms with Crippen molar-refractivity contribution >= 4 is 27.5 Å². The molecule has 92 valence electrons. The highest BCUT2D eigenvalue weighted by Gasteiger charge is 2.36. The summed E-state index contributed by atoms with van der Waals surface area (Å²) in [6.45, 7) is 3.41. The van der Waals surface area contributed by atoms with E-state index in [9.17, 15) is 9.18 Å². The third kappa shape index (κ3) is 2.66. The van der Waals surface area contributed by atoms with Gasteiger partial charge in [0.25, 0.3) is 0 Å². The fourth-order valence-corrected chi connectivity index (χ4v) is 2.22. The van der Waals surface area contributed by atoms with Crippen molar-refractivity contribution in [1.82, 2.24) is 5.32 Å². The molecule has 0 radical (unpaired) electrons. The minimum atomic E-state index is -0.411. The summed E-state index contributed by atoms with van der Waals surface area (Å²) in [6, 6.07) is 4.24. The number of nitrogens with one attached hydrogen (secondary N) is 2. The molecule has 0 spiro atoms. The smallest absolute Gasteiger partial charge is 0.231 e. The molecule has 2 N–H and O–H groups in total. The van der Waals surface area contributed by atoms with Gasteiger partial charge in [-0.1, -0.05) is 0 Å². The maximum absolute atomic E-state index is 13.1. The molecule has 0 saturated carbocycles. The van der Waals surface area contributed by atoms with Gasteiger partial charge in [-0.2, -0.15) is 0 Å². The summed E-state index contributed by atoms with van der Waals surface area (Å²) in [5.41, 5.74) is 0.0642. The van der Waals surface area contributed by atoms with Gasteiger partial charge in [-0.15, -0.1) is 0 Å². The lowest BCUT2D eigenvalue weighted by atomic mass is 9.89. The van der Waals surface area contributed by atoms with Gasteiger partial charge in [0.2, 0.25) is 5.91 Å². The summed E-state index contributed by atoms with van der Waals surface area (Å²) in [5, 5.41) is 5.93. The van der Waals surface area contributed by atoms with E-state index in [1.807, 2.05) is 6.92 Å². The van der Waals surface area contributed by atoms with Gasteiger partial charge in [0.1, 0.15) is 5.82 Å². The van der Waals surface area contributed by atoms with Gasteiger partial charge >= 0.3 is 0 Å². The molecule has 5 heteroatoms. The summed E-state index contributed by atoms with van der Waals surface area (Å²) in [4.78, 5) is 12.1. The van der Waals surface area contributed by atoms with Crippen molar-refractivity contribution in [3.05, 3.63) is 28.5 Å². The van der Waals surface area contributed by atoms with Crippen LogP contribution in [-0.2, 0) is 4.79 Å². The minimum Gasteiger partial charge on any atom is -0.324 e. The van der Waals surface area contributed by atoms with Crippen LogP contribution in [0.1, 0.15) is 13.3 Å². The van der Waals surface area contributed by atoms with Gasteiger partial charge in [-0.05, 0) is 54.0 Å². The van der Waals surface area contributed by atoms with Crippen molar-refractivity contribution < 1.29 is 9.18 Å². The summed E-state index contributed by atoms with van der Waals surface area (Å²) in [7, 11) is 0. The highest BCUT2D eigenvalue weighted by Crippen LogP contribution is 2.29. The number of amides is 1. The summed E-state index contributed by atoms with van der Waals surface area (Å²) < 4.78 is 13.8. The molecule has 1 aliphatic heterocycles. The second-order valence-electron chi connectivity index (χ2n) is 4.57. The molecule has 0 aliphatic carbocycles. The standard InChI is InChI=1S/C12H14BrFN2O/c1-12(4-5-15-7-12)11(17)16-10-6-8(14)2-3-9(10)13/h2-3,6,15H,4-5,7H2,1H3,(H,16,17). The van der Waals surface area contributed by atoms with Gasteiger partial charge in [0, 0.05) is 11.0 Å². The Morgan fingerprint density at radius 3 is 3.00 bits per heavy atom. The second kappa shape index (κ2) is 4.74. The number of halogens is 2. The third-order valence-corrected chi connectivity index (χ3v) is 3.79. The number of anilines is 1. The Bertz CT molecular complexity index is 444. The fourth-order valence-electron chi connectivity index (χ4n) is 1.88. The van der Waals surface area contributed by atoms with Crippen LogP contribution in [0.15, 0.2) is 22.7 Å². The number of carbonyl (C=O) groups excluding carboxylic acids is 1. The molecule has 1 aromatic carbocycles. The highest BCUT2D eigenvalue weighted by atomic mass is 79.9. The van der Waals surface area contributed by atoms with Crippen LogP contribution in [0.4, 0.5) is 10.1 Å². The van der Waals surface area contributed by atoms with Crippen LogP contribution < -0.4 is 10.6 Å². The van der Waals surface area contributed by atoms with Crippen LogP contribution in [-0.4, -0.2) is 19.0 Å². The molecule has 17 heavy (non-hydrogen) atoms. The van der Waals surface area contributed by atoms with E-state index in [1.54, 1.807) is 6.07 Å². The number of hydrogen-bond donors (Lipinski definition) is 2. The van der Waals surface area contributed by atoms with E-state index in [0.29, 0.717) is 16.7 Å². The van der Waals surface area contributed by atoms with Crippen LogP contribution in [0, 0.1) is 11.2 Å². The first kappa shape index (κ1) is 12.5. The van der Waals surface area contributed by atoms with E-state index in [2.05, 4.69) is 26.6 Å². The first-order valence-electron chi connectivity index (χ1n) is 5.48. The summed E-state index contributed by atoms with van der Waals surface area (Å²) in [6.07, 6.45) is 0.797. The van der Waals surface area contributed by atoms with Crippen molar-refractivity contribution in [1.29, 1.82) is 0 Å². The lowest BCUT2D eigenvalue weighted by molar-refractivity contribution is -0.123. The Balaban J connectivity index is 2.15. The van der Waals surface area contributed by atoms with E-state index >= 15 is 0 Å². The second-order valence-corrected chi connectivity index (χ2v) is 5.42. The molecule has 0 bridgehead atoms. The third-order valence-electron chi connectivity index (χ3n) is 3.09. The summed E-state index contributed by atoms with van der Waals surface area (Å²) in [5.74, 6) is -0.438. The van der Waals surface area contributed by atoms with E-state index in [-0.39, 0.29) is 11.7 Å².